The Morgan fingerprint density at radius 2 is 2.05 bits per heavy atom. The zero-order valence-electron chi connectivity index (χ0n) is 12.5. The molecule has 0 aromatic rings. The molecule has 2 saturated heterocycles. The van der Waals surface area contributed by atoms with Crippen molar-refractivity contribution in [2.75, 3.05) is 39.8 Å². The second-order valence-corrected chi connectivity index (χ2v) is 7.88. The fraction of sp³-hybridized carbons (Fsp3) is 1.00. The van der Waals surface area contributed by atoms with Crippen LogP contribution in [0.4, 0.5) is 0 Å². The number of rotatable bonds is 6. The van der Waals surface area contributed by atoms with E-state index in [4.69, 9.17) is 4.74 Å². The highest BCUT2D eigenvalue weighted by Crippen LogP contribution is 2.25. The van der Waals surface area contributed by atoms with Gasteiger partial charge in [0.25, 0.3) is 10.2 Å². The normalized spacial score (nSPS) is 29.9. The molecule has 1 atom stereocenters. The summed E-state index contributed by atoms with van der Waals surface area (Å²) in [5, 5.41) is 3.16. The van der Waals surface area contributed by atoms with Crippen molar-refractivity contribution in [3.8, 4) is 0 Å². The summed E-state index contributed by atoms with van der Waals surface area (Å²) in [4.78, 5) is 0. The zero-order valence-corrected chi connectivity index (χ0v) is 13.3. The second-order valence-electron chi connectivity index (χ2n) is 6.13. The largest absolute Gasteiger partial charge is 0.374 e. The number of hydrogen-bond donors (Lipinski definition) is 2. The fourth-order valence-corrected chi connectivity index (χ4v) is 4.32. The van der Waals surface area contributed by atoms with Gasteiger partial charge in [-0.05, 0) is 52.1 Å². The van der Waals surface area contributed by atoms with Crippen molar-refractivity contribution in [3.63, 3.8) is 0 Å². The number of nitrogens with one attached hydrogen (secondary N) is 2. The van der Waals surface area contributed by atoms with E-state index in [0.717, 1.165) is 38.8 Å². The average Bonchev–Trinajstić information content (AvgIpc) is 2.85. The third kappa shape index (κ3) is 4.14. The predicted octanol–water partition coefficient (Wildman–Crippen LogP) is 0.321. The van der Waals surface area contributed by atoms with E-state index in [0.29, 0.717) is 25.6 Å². The van der Waals surface area contributed by atoms with E-state index in [1.807, 2.05) is 14.0 Å². The number of piperidine rings is 1. The minimum Gasteiger partial charge on any atom is -0.374 e. The highest BCUT2D eigenvalue weighted by Gasteiger charge is 2.33. The first-order valence-electron chi connectivity index (χ1n) is 7.48. The van der Waals surface area contributed by atoms with Gasteiger partial charge in [-0.3, -0.25) is 0 Å². The van der Waals surface area contributed by atoms with Crippen LogP contribution in [0.3, 0.4) is 0 Å². The van der Waals surface area contributed by atoms with E-state index in [2.05, 4.69) is 10.0 Å². The topological polar surface area (TPSA) is 70.7 Å². The van der Waals surface area contributed by atoms with E-state index in [1.165, 1.54) is 0 Å². The quantitative estimate of drug-likeness (QED) is 0.741. The van der Waals surface area contributed by atoms with Crippen molar-refractivity contribution in [2.45, 2.75) is 38.2 Å². The van der Waals surface area contributed by atoms with Gasteiger partial charge in [0.15, 0.2) is 0 Å². The van der Waals surface area contributed by atoms with Crippen LogP contribution in [-0.4, -0.2) is 58.2 Å². The summed E-state index contributed by atoms with van der Waals surface area (Å²) >= 11 is 0. The highest BCUT2D eigenvalue weighted by molar-refractivity contribution is 7.87. The first kappa shape index (κ1) is 16.2. The lowest BCUT2D eigenvalue weighted by Crippen LogP contribution is -2.49. The molecule has 0 spiro atoms. The number of hydrogen-bond acceptors (Lipinski definition) is 4. The molecule has 0 radical (unpaired) electrons. The molecule has 1 unspecified atom stereocenters. The van der Waals surface area contributed by atoms with E-state index < -0.39 is 10.2 Å². The molecule has 118 valence electrons. The summed E-state index contributed by atoms with van der Waals surface area (Å²) in [6.45, 7) is 5.26. The molecule has 0 amide bonds. The van der Waals surface area contributed by atoms with Gasteiger partial charge in [0.05, 0.1) is 5.60 Å². The van der Waals surface area contributed by atoms with Gasteiger partial charge in [-0.15, -0.1) is 0 Å². The molecule has 20 heavy (non-hydrogen) atoms. The molecule has 2 heterocycles. The molecule has 2 N–H and O–H groups in total. The van der Waals surface area contributed by atoms with Crippen molar-refractivity contribution >= 4 is 10.2 Å². The van der Waals surface area contributed by atoms with Gasteiger partial charge in [0.1, 0.15) is 0 Å². The van der Waals surface area contributed by atoms with Crippen molar-refractivity contribution in [3.05, 3.63) is 0 Å². The smallest absolute Gasteiger partial charge is 0.279 e. The predicted molar refractivity (Wildman–Crippen MR) is 78.7 cm³/mol. The molecule has 2 rings (SSSR count). The van der Waals surface area contributed by atoms with Gasteiger partial charge in [0.2, 0.25) is 0 Å². The van der Waals surface area contributed by atoms with E-state index in [-0.39, 0.29) is 5.60 Å². The minimum atomic E-state index is -3.36. The fourth-order valence-electron chi connectivity index (χ4n) is 2.95. The molecule has 0 aliphatic carbocycles. The van der Waals surface area contributed by atoms with Gasteiger partial charge >= 0.3 is 0 Å². The monoisotopic (exact) mass is 305 g/mol. The molecule has 0 aromatic carbocycles. The van der Waals surface area contributed by atoms with Crippen LogP contribution in [-0.2, 0) is 14.9 Å². The van der Waals surface area contributed by atoms with E-state index >= 15 is 0 Å². The van der Waals surface area contributed by atoms with Crippen LogP contribution in [0.15, 0.2) is 0 Å². The first-order valence-corrected chi connectivity index (χ1v) is 8.92. The van der Waals surface area contributed by atoms with Crippen LogP contribution in [0.2, 0.25) is 0 Å². The Labute approximate surface area is 122 Å². The molecule has 0 bridgehead atoms. The van der Waals surface area contributed by atoms with Crippen LogP contribution in [0, 0.1) is 5.92 Å². The Bertz CT molecular complexity index is 399. The average molecular weight is 305 g/mol. The lowest BCUT2D eigenvalue weighted by Gasteiger charge is -2.32. The summed E-state index contributed by atoms with van der Waals surface area (Å²) in [7, 11) is -1.43. The minimum absolute atomic E-state index is 0.336. The zero-order chi connectivity index (χ0) is 14.6. The molecular weight excluding hydrogens is 278 g/mol. The summed E-state index contributed by atoms with van der Waals surface area (Å²) < 4.78 is 34.5. The summed E-state index contributed by atoms with van der Waals surface area (Å²) in [5.41, 5.74) is -0.336. The summed E-state index contributed by atoms with van der Waals surface area (Å²) in [6.07, 6.45) is 3.78. The lowest BCUT2D eigenvalue weighted by atomic mass is 9.98. The maximum absolute atomic E-state index is 12.3. The van der Waals surface area contributed by atoms with Crippen LogP contribution in [0.1, 0.15) is 32.6 Å². The third-order valence-corrected chi connectivity index (χ3v) is 5.89. The van der Waals surface area contributed by atoms with Crippen LogP contribution in [0.5, 0.6) is 0 Å². The standard InChI is InChI=1S/C13H27N3O3S/c1-13(6-3-9-19-13)11-15-20(17,18)16-7-4-12(5-8-16)10-14-2/h12,14-15H,3-11H2,1-2H3. The van der Waals surface area contributed by atoms with Gasteiger partial charge in [-0.25, -0.2) is 0 Å². The Morgan fingerprint density at radius 1 is 1.35 bits per heavy atom. The second kappa shape index (κ2) is 6.70. The van der Waals surface area contributed by atoms with Gasteiger partial charge in [-0.1, -0.05) is 0 Å². The van der Waals surface area contributed by atoms with Gasteiger partial charge in [0, 0.05) is 26.2 Å². The van der Waals surface area contributed by atoms with Crippen molar-refractivity contribution in [1.82, 2.24) is 14.3 Å². The molecular formula is C13H27N3O3S. The molecule has 7 heteroatoms. The number of ether oxygens (including phenoxy) is 1. The van der Waals surface area contributed by atoms with Crippen molar-refractivity contribution in [2.24, 2.45) is 5.92 Å². The summed E-state index contributed by atoms with van der Waals surface area (Å²) in [6, 6.07) is 0. The van der Waals surface area contributed by atoms with Crippen molar-refractivity contribution < 1.29 is 13.2 Å². The Hall–Kier alpha value is -0.210. The first-order chi connectivity index (χ1) is 9.45. The maximum Gasteiger partial charge on any atom is 0.279 e. The SMILES string of the molecule is CNCC1CCN(S(=O)(=O)NCC2(C)CCCO2)CC1. The Balaban J connectivity index is 1.82. The Morgan fingerprint density at radius 3 is 2.60 bits per heavy atom. The van der Waals surface area contributed by atoms with E-state index in [1.54, 1.807) is 4.31 Å². The lowest BCUT2D eigenvalue weighted by molar-refractivity contribution is 0.0247. The van der Waals surface area contributed by atoms with Crippen molar-refractivity contribution in [1.29, 1.82) is 0 Å². The third-order valence-electron chi connectivity index (χ3n) is 4.34. The molecule has 6 nitrogen and oxygen atoms in total. The molecule has 2 fully saturated rings. The molecule has 2 aliphatic rings. The Kier molecular flexibility index (Phi) is 5.42. The maximum atomic E-state index is 12.3. The van der Waals surface area contributed by atoms with Crippen LogP contribution in [0.25, 0.3) is 0 Å². The highest BCUT2D eigenvalue weighted by atomic mass is 32.2. The van der Waals surface area contributed by atoms with Crippen LogP contribution < -0.4 is 10.0 Å². The van der Waals surface area contributed by atoms with Crippen LogP contribution >= 0.6 is 0 Å². The molecule has 0 aromatic heterocycles. The van der Waals surface area contributed by atoms with E-state index in [9.17, 15) is 8.42 Å². The summed E-state index contributed by atoms with van der Waals surface area (Å²) in [5.74, 6) is 0.585. The number of nitrogens with zero attached hydrogens (tertiary/aromatic N) is 1. The molecule has 2 aliphatic heterocycles. The molecule has 0 saturated carbocycles. The van der Waals surface area contributed by atoms with Gasteiger partial charge in [-0.2, -0.15) is 17.4 Å². The van der Waals surface area contributed by atoms with Gasteiger partial charge < -0.3 is 10.1 Å².